The maximum Gasteiger partial charge on any atom is 0.618 e. The lowest BCUT2D eigenvalue weighted by Crippen LogP contribution is -2.51. The molecule has 0 aliphatic carbocycles. The quantitative estimate of drug-likeness (QED) is 0.377. The molecule has 0 aromatic carbocycles. The minimum atomic E-state index is -1.12. The predicted octanol–water partition coefficient (Wildman–Crippen LogP) is 4.27. The van der Waals surface area contributed by atoms with E-state index in [2.05, 4.69) is 0 Å². The third kappa shape index (κ3) is 10.1. The first kappa shape index (κ1) is 25.4. The summed E-state index contributed by atoms with van der Waals surface area (Å²) in [5.41, 5.74) is 0. The molecule has 0 aromatic rings. The van der Waals surface area contributed by atoms with Crippen molar-refractivity contribution in [2.24, 2.45) is 0 Å². The molecule has 0 unspecified atom stereocenters. The summed E-state index contributed by atoms with van der Waals surface area (Å²) >= 11 is -0.639. The molecule has 0 amide bonds. The fourth-order valence-corrected chi connectivity index (χ4v) is 1.87. The standard InChI is InChI=1S/C14H30O5.2ClH.Mg/c1-7-13(15-9-3,16-10-4)19-14(8-2,17-11-5)18-12-6;;;/h7-12H2,1-6H3;2*1H;/q;;;+2/p-2. The van der Waals surface area contributed by atoms with Crippen LogP contribution in [0.2, 0.25) is 0 Å². The van der Waals surface area contributed by atoms with Crippen molar-refractivity contribution in [3.05, 3.63) is 0 Å². The van der Waals surface area contributed by atoms with Crippen LogP contribution in [0.4, 0.5) is 0 Å². The smallest absolute Gasteiger partial charge is 0.328 e. The Bertz CT molecular complexity index is 213. The zero-order chi connectivity index (χ0) is 17.5. The molecule has 132 valence electrons. The van der Waals surface area contributed by atoms with Gasteiger partial charge in [0.1, 0.15) is 0 Å². The van der Waals surface area contributed by atoms with Gasteiger partial charge in [0.2, 0.25) is 0 Å². The van der Waals surface area contributed by atoms with Crippen LogP contribution in [0.5, 0.6) is 0 Å². The van der Waals surface area contributed by atoms with E-state index in [9.17, 15) is 0 Å². The van der Waals surface area contributed by atoms with Gasteiger partial charge in [-0.1, -0.05) is 13.8 Å². The first-order valence-corrected chi connectivity index (χ1v) is 12.1. The summed E-state index contributed by atoms with van der Waals surface area (Å²) in [5, 5.41) is 0. The Labute approximate surface area is 152 Å². The number of hydrogen-bond acceptors (Lipinski definition) is 5. The first-order chi connectivity index (χ1) is 10.5. The van der Waals surface area contributed by atoms with Gasteiger partial charge in [-0.25, -0.2) is 0 Å². The molecule has 0 spiro atoms. The van der Waals surface area contributed by atoms with Crippen LogP contribution in [0.25, 0.3) is 0 Å². The lowest BCUT2D eigenvalue weighted by atomic mass is 10.3. The Hall–Kier alpha value is 1.15. The molecule has 0 saturated heterocycles. The van der Waals surface area contributed by atoms with E-state index in [1.54, 1.807) is 0 Å². The van der Waals surface area contributed by atoms with E-state index in [-0.39, 0.29) is 0 Å². The fraction of sp³-hybridized carbons (Fsp3) is 1.00. The van der Waals surface area contributed by atoms with E-state index >= 15 is 0 Å². The molecule has 0 radical (unpaired) electrons. The zero-order valence-corrected chi connectivity index (χ0v) is 17.7. The number of hydrogen-bond donors (Lipinski definition) is 0. The van der Waals surface area contributed by atoms with E-state index in [0.717, 1.165) is 0 Å². The van der Waals surface area contributed by atoms with E-state index in [0.29, 0.717) is 39.3 Å². The highest BCUT2D eigenvalue weighted by Crippen LogP contribution is 2.31. The van der Waals surface area contributed by atoms with Crippen LogP contribution >= 0.6 is 18.1 Å². The molecule has 8 heteroatoms. The summed E-state index contributed by atoms with van der Waals surface area (Å²) in [5.74, 6) is -2.24. The topological polar surface area (TPSA) is 46.2 Å². The highest BCUT2D eigenvalue weighted by molar-refractivity contribution is 7.22. The number of halogens is 2. The third-order valence-electron chi connectivity index (χ3n) is 2.63. The van der Waals surface area contributed by atoms with Crippen LogP contribution in [0.15, 0.2) is 0 Å². The first-order valence-electron chi connectivity index (χ1n) is 7.86. The van der Waals surface area contributed by atoms with Crippen LogP contribution in [-0.2, 0) is 23.7 Å². The summed E-state index contributed by atoms with van der Waals surface area (Å²) in [7, 11) is 9.81. The summed E-state index contributed by atoms with van der Waals surface area (Å²) in [6.07, 6.45) is 1.10. The minimum absolute atomic E-state index is 0.492. The second-order valence-corrected chi connectivity index (χ2v) is 6.63. The van der Waals surface area contributed by atoms with Gasteiger partial charge in [-0.3, -0.25) is 4.74 Å². The van der Waals surface area contributed by atoms with Crippen LogP contribution in [-0.4, -0.2) is 56.5 Å². The molecule has 0 bridgehead atoms. The molecule has 0 aromatic heterocycles. The van der Waals surface area contributed by atoms with Crippen molar-refractivity contribution in [1.82, 2.24) is 0 Å². The second-order valence-electron chi connectivity index (χ2n) is 4.01. The van der Waals surface area contributed by atoms with E-state index in [4.69, 9.17) is 41.8 Å². The normalized spacial score (nSPS) is 11.6. The van der Waals surface area contributed by atoms with Gasteiger partial charge in [0.15, 0.2) is 0 Å². The molecule has 0 saturated carbocycles. The molecule has 0 N–H and O–H groups in total. The van der Waals surface area contributed by atoms with Crippen LogP contribution in [0.1, 0.15) is 54.4 Å². The van der Waals surface area contributed by atoms with Crippen molar-refractivity contribution in [3.63, 3.8) is 0 Å². The summed E-state index contributed by atoms with van der Waals surface area (Å²) in [4.78, 5) is 0. The maximum atomic E-state index is 6.00. The van der Waals surface area contributed by atoms with Crippen molar-refractivity contribution in [1.29, 1.82) is 0 Å². The van der Waals surface area contributed by atoms with E-state index < -0.39 is 30.1 Å². The lowest BCUT2D eigenvalue weighted by Gasteiger charge is -2.41. The molecule has 5 nitrogen and oxygen atoms in total. The maximum absolute atomic E-state index is 6.00. The van der Waals surface area contributed by atoms with Gasteiger partial charge in [0.25, 0.3) is 11.9 Å². The summed E-state index contributed by atoms with van der Waals surface area (Å²) < 4.78 is 28.7. The van der Waals surface area contributed by atoms with Crippen LogP contribution < -0.4 is 0 Å². The molecule has 0 atom stereocenters. The minimum Gasteiger partial charge on any atom is -0.328 e. The molecule has 0 rings (SSSR count). The Kier molecular flexibility index (Phi) is 18.1. The van der Waals surface area contributed by atoms with Crippen LogP contribution in [0.3, 0.4) is 0 Å². The fourth-order valence-electron chi connectivity index (χ4n) is 1.87. The highest BCUT2D eigenvalue weighted by atomic mass is 35.6. The molecule has 0 fully saturated rings. The lowest BCUT2D eigenvalue weighted by molar-refractivity contribution is -0.502. The highest BCUT2D eigenvalue weighted by Gasteiger charge is 2.43. The third-order valence-corrected chi connectivity index (χ3v) is 2.63. The van der Waals surface area contributed by atoms with Crippen molar-refractivity contribution >= 4 is 36.3 Å². The summed E-state index contributed by atoms with van der Waals surface area (Å²) in [6.45, 7) is 13.5. The number of rotatable bonds is 12. The van der Waals surface area contributed by atoms with Crippen molar-refractivity contribution in [2.75, 3.05) is 26.4 Å². The van der Waals surface area contributed by atoms with E-state index in [1.165, 1.54) is 0 Å². The van der Waals surface area contributed by atoms with Crippen molar-refractivity contribution in [2.45, 2.75) is 66.3 Å². The van der Waals surface area contributed by atoms with Gasteiger partial charge in [-0.05, 0) is 27.7 Å². The molecule has 0 heterocycles. The Morgan fingerprint density at radius 1 is 0.636 bits per heavy atom. The van der Waals surface area contributed by atoms with Gasteiger partial charge < -0.3 is 37.1 Å². The molecule has 22 heavy (non-hydrogen) atoms. The van der Waals surface area contributed by atoms with Gasteiger partial charge >= 0.3 is 18.2 Å². The molecular formula is C14H30Cl2MgO5. The zero-order valence-electron chi connectivity index (χ0n) is 14.7. The average molecular weight is 374 g/mol. The molecule has 0 aliphatic heterocycles. The van der Waals surface area contributed by atoms with Crippen LogP contribution in [0, 0.1) is 0 Å². The predicted molar refractivity (Wildman–Crippen MR) is 91.1 cm³/mol. The average Bonchev–Trinajstić information content (AvgIpc) is 2.49. The monoisotopic (exact) mass is 372 g/mol. The number of ether oxygens (including phenoxy) is 5. The largest absolute Gasteiger partial charge is 0.618 e. The van der Waals surface area contributed by atoms with E-state index in [1.807, 2.05) is 41.5 Å². The van der Waals surface area contributed by atoms with Gasteiger partial charge in [0, 0.05) is 39.3 Å². The van der Waals surface area contributed by atoms with Gasteiger partial charge in [-0.15, -0.1) is 0 Å². The molecular weight excluding hydrogens is 343 g/mol. The Morgan fingerprint density at radius 2 is 0.864 bits per heavy atom. The second kappa shape index (κ2) is 15.7. The SMILES string of the molecule is CCOC(CC)(OCC)OC(CC)(OCC)OCC.[Cl][Mg][Cl]. The van der Waals surface area contributed by atoms with Crippen molar-refractivity contribution in [3.8, 4) is 0 Å². The van der Waals surface area contributed by atoms with Gasteiger partial charge in [0.05, 0.1) is 0 Å². The molecule has 0 aliphatic rings. The Morgan fingerprint density at radius 3 is 1.00 bits per heavy atom. The van der Waals surface area contributed by atoms with Gasteiger partial charge in [-0.2, -0.15) is 0 Å². The summed E-state index contributed by atoms with van der Waals surface area (Å²) in [6, 6.07) is 0. The van der Waals surface area contributed by atoms with Crippen molar-refractivity contribution < 1.29 is 23.7 Å². The Balaban J connectivity index is 0.